The number of aromatic nitrogens is 2. The number of carbonyl (C=O) groups is 1. The molecule has 0 aliphatic heterocycles. The van der Waals surface area contributed by atoms with Gasteiger partial charge < -0.3 is 10.2 Å². The summed E-state index contributed by atoms with van der Waals surface area (Å²) in [6.45, 7) is 3.82. The van der Waals surface area contributed by atoms with Crippen LogP contribution < -0.4 is 10.9 Å². The SMILES string of the molecule is Cc1cccc(NC(=O)N(C)C(C)c2nc3ccccc3c(=O)n2C)c1. The third-order valence-electron chi connectivity index (χ3n) is 4.56. The maximum Gasteiger partial charge on any atom is 0.322 e. The van der Waals surface area contributed by atoms with Gasteiger partial charge in [0.15, 0.2) is 0 Å². The lowest BCUT2D eigenvalue weighted by Crippen LogP contribution is -2.37. The molecule has 0 bridgehead atoms. The second-order valence-electron chi connectivity index (χ2n) is 6.44. The number of benzene rings is 2. The standard InChI is InChI=1S/C20H22N4O2/c1-13-8-7-9-15(12-13)21-20(26)23(3)14(2)18-22-17-11-6-5-10-16(17)19(25)24(18)4/h5-12,14H,1-4H3,(H,21,26). The van der Waals surface area contributed by atoms with Gasteiger partial charge in [-0.2, -0.15) is 0 Å². The van der Waals surface area contributed by atoms with Crippen LogP contribution in [0.5, 0.6) is 0 Å². The van der Waals surface area contributed by atoms with Gasteiger partial charge in [0, 0.05) is 19.8 Å². The Morgan fingerprint density at radius 1 is 1.19 bits per heavy atom. The van der Waals surface area contributed by atoms with E-state index in [1.165, 1.54) is 4.57 Å². The van der Waals surface area contributed by atoms with Crippen LogP contribution in [-0.4, -0.2) is 27.5 Å². The first-order chi connectivity index (χ1) is 12.4. The summed E-state index contributed by atoms with van der Waals surface area (Å²) in [5.41, 5.74) is 2.31. The van der Waals surface area contributed by atoms with E-state index in [9.17, 15) is 9.59 Å². The number of amides is 2. The van der Waals surface area contributed by atoms with Crippen LogP contribution >= 0.6 is 0 Å². The van der Waals surface area contributed by atoms with Crippen LogP contribution in [0.4, 0.5) is 10.5 Å². The number of nitrogens with zero attached hydrogens (tertiary/aromatic N) is 3. The number of anilines is 1. The molecule has 134 valence electrons. The van der Waals surface area contributed by atoms with E-state index in [2.05, 4.69) is 10.3 Å². The molecule has 26 heavy (non-hydrogen) atoms. The highest BCUT2D eigenvalue weighted by molar-refractivity contribution is 5.89. The van der Waals surface area contributed by atoms with Crippen molar-refractivity contribution in [2.75, 3.05) is 12.4 Å². The van der Waals surface area contributed by atoms with Gasteiger partial charge in [-0.05, 0) is 43.7 Å². The van der Waals surface area contributed by atoms with E-state index in [1.807, 2.05) is 50.2 Å². The lowest BCUT2D eigenvalue weighted by molar-refractivity contribution is 0.205. The first-order valence-electron chi connectivity index (χ1n) is 8.44. The Kier molecular flexibility index (Phi) is 4.75. The number of fused-ring (bicyclic) bond motifs is 1. The molecule has 6 heteroatoms. The van der Waals surface area contributed by atoms with Gasteiger partial charge in [0.25, 0.3) is 5.56 Å². The number of hydrogen-bond acceptors (Lipinski definition) is 3. The van der Waals surface area contributed by atoms with Gasteiger partial charge in [-0.1, -0.05) is 24.3 Å². The second kappa shape index (κ2) is 7.00. The minimum absolute atomic E-state index is 0.120. The maximum atomic E-state index is 12.6. The Hall–Kier alpha value is -3.15. The fourth-order valence-corrected chi connectivity index (χ4v) is 2.89. The number of carbonyl (C=O) groups excluding carboxylic acids is 1. The molecule has 0 radical (unpaired) electrons. The predicted molar refractivity (Wildman–Crippen MR) is 103 cm³/mol. The predicted octanol–water partition coefficient (Wildman–Crippen LogP) is 3.47. The second-order valence-corrected chi connectivity index (χ2v) is 6.44. The molecule has 1 heterocycles. The normalized spacial score (nSPS) is 12.0. The molecule has 2 amide bonds. The Morgan fingerprint density at radius 3 is 2.65 bits per heavy atom. The van der Waals surface area contributed by atoms with Crippen molar-refractivity contribution in [3.63, 3.8) is 0 Å². The van der Waals surface area contributed by atoms with Crippen molar-refractivity contribution in [1.82, 2.24) is 14.5 Å². The van der Waals surface area contributed by atoms with Crippen molar-refractivity contribution in [1.29, 1.82) is 0 Å². The van der Waals surface area contributed by atoms with Crippen molar-refractivity contribution in [2.45, 2.75) is 19.9 Å². The number of rotatable bonds is 3. The van der Waals surface area contributed by atoms with Gasteiger partial charge in [-0.25, -0.2) is 9.78 Å². The van der Waals surface area contributed by atoms with E-state index in [1.54, 1.807) is 31.1 Å². The summed E-state index contributed by atoms with van der Waals surface area (Å²) in [7, 11) is 3.37. The molecule has 0 saturated heterocycles. The zero-order valence-electron chi connectivity index (χ0n) is 15.4. The van der Waals surface area contributed by atoms with Crippen molar-refractivity contribution in [3.05, 3.63) is 70.3 Å². The molecule has 6 nitrogen and oxygen atoms in total. The number of nitrogens with one attached hydrogen (secondary N) is 1. The van der Waals surface area contributed by atoms with Crippen molar-refractivity contribution >= 4 is 22.6 Å². The van der Waals surface area contributed by atoms with Gasteiger partial charge in [-0.3, -0.25) is 9.36 Å². The van der Waals surface area contributed by atoms with Crippen molar-refractivity contribution in [3.8, 4) is 0 Å². The summed E-state index contributed by atoms with van der Waals surface area (Å²) in [6, 6.07) is 14.2. The highest BCUT2D eigenvalue weighted by Crippen LogP contribution is 2.19. The summed E-state index contributed by atoms with van der Waals surface area (Å²) in [6.07, 6.45) is 0. The minimum atomic E-state index is -0.373. The Balaban J connectivity index is 1.89. The van der Waals surface area contributed by atoms with E-state index in [-0.39, 0.29) is 17.6 Å². The van der Waals surface area contributed by atoms with Crippen LogP contribution in [0.15, 0.2) is 53.3 Å². The quantitative estimate of drug-likeness (QED) is 0.786. The van der Waals surface area contributed by atoms with Gasteiger partial charge in [-0.15, -0.1) is 0 Å². The number of aryl methyl sites for hydroxylation is 1. The topological polar surface area (TPSA) is 67.2 Å². The lowest BCUT2D eigenvalue weighted by atomic mass is 10.2. The van der Waals surface area contributed by atoms with Gasteiger partial charge in [0.05, 0.1) is 16.9 Å². The molecule has 1 unspecified atom stereocenters. The van der Waals surface area contributed by atoms with Crippen molar-refractivity contribution in [2.24, 2.45) is 7.05 Å². The fourth-order valence-electron chi connectivity index (χ4n) is 2.89. The molecule has 3 aromatic rings. The average molecular weight is 350 g/mol. The van der Waals surface area contributed by atoms with Crippen LogP contribution in [0, 0.1) is 6.92 Å². The van der Waals surface area contributed by atoms with Crippen molar-refractivity contribution < 1.29 is 4.79 Å². The molecule has 0 fully saturated rings. The summed E-state index contributed by atoms with van der Waals surface area (Å²) >= 11 is 0. The van der Waals surface area contributed by atoms with Crippen LogP contribution in [-0.2, 0) is 7.05 Å². The van der Waals surface area contributed by atoms with Crippen LogP contribution in [0.1, 0.15) is 24.4 Å². The summed E-state index contributed by atoms with van der Waals surface area (Å²) < 4.78 is 1.50. The first kappa shape index (κ1) is 17.7. The highest BCUT2D eigenvalue weighted by atomic mass is 16.2. The molecular weight excluding hydrogens is 328 g/mol. The van der Waals surface area contributed by atoms with E-state index < -0.39 is 0 Å². The largest absolute Gasteiger partial charge is 0.322 e. The van der Waals surface area contributed by atoms with Crippen LogP contribution in [0.25, 0.3) is 10.9 Å². The Bertz CT molecular complexity index is 1030. The van der Waals surface area contributed by atoms with Gasteiger partial charge >= 0.3 is 6.03 Å². The summed E-state index contributed by atoms with van der Waals surface area (Å²) in [5, 5.41) is 3.44. The molecule has 1 N–H and O–H groups in total. The maximum absolute atomic E-state index is 12.6. The molecule has 0 spiro atoms. The number of hydrogen-bond donors (Lipinski definition) is 1. The number of urea groups is 1. The Morgan fingerprint density at radius 2 is 1.92 bits per heavy atom. The lowest BCUT2D eigenvalue weighted by Gasteiger charge is -2.26. The molecule has 1 aromatic heterocycles. The zero-order valence-corrected chi connectivity index (χ0v) is 15.4. The molecule has 0 saturated carbocycles. The fraction of sp³-hybridized carbons (Fsp3) is 0.250. The zero-order chi connectivity index (χ0) is 18.8. The molecular formula is C20H22N4O2. The highest BCUT2D eigenvalue weighted by Gasteiger charge is 2.22. The minimum Gasteiger partial charge on any atom is -0.318 e. The monoisotopic (exact) mass is 350 g/mol. The van der Waals surface area contributed by atoms with Gasteiger partial charge in [0.1, 0.15) is 5.82 Å². The van der Waals surface area contributed by atoms with Crippen LogP contribution in [0.2, 0.25) is 0 Å². The first-order valence-corrected chi connectivity index (χ1v) is 8.44. The molecule has 2 aromatic carbocycles. The third kappa shape index (κ3) is 3.31. The van der Waals surface area contributed by atoms with E-state index in [4.69, 9.17) is 0 Å². The van der Waals surface area contributed by atoms with Crippen LogP contribution in [0.3, 0.4) is 0 Å². The van der Waals surface area contributed by atoms with E-state index >= 15 is 0 Å². The molecule has 0 aliphatic rings. The smallest absolute Gasteiger partial charge is 0.318 e. The van der Waals surface area contributed by atoms with E-state index in [0.717, 1.165) is 11.3 Å². The molecule has 3 rings (SSSR count). The molecule has 0 aliphatic carbocycles. The Labute approximate surface area is 152 Å². The van der Waals surface area contributed by atoms with E-state index in [0.29, 0.717) is 16.7 Å². The third-order valence-corrected chi connectivity index (χ3v) is 4.56. The summed E-state index contributed by atoms with van der Waals surface area (Å²) in [5.74, 6) is 0.538. The summed E-state index contributed by atoms with van der Waals surface area (Å²) in [4.78, 5) is 31.3. The average Bonchev–Trinajstić information content (AvgIpc) is 2.63. The van der Waals surface area contributed by atoms with Gasteiger partial charge in [0.2, 0.25) is 0 Å². The number of para-hydroxylation sites is 1. The molecule has 1 atom stereocenters.